The van der Waals surface area contributed by atoms with Crippen LogP contribution in [0.3, 0.4) is 0 Å². The van der Waals surface area contributed by atoms with E-state index in [0.717, 1.165) is 10.2 Å². The van der Waals surface area contributed by atoms with Gasteiger partial charge in [-0.1, -0.05) is 15.9 Å². The fourth-order valence-electron chi connectivity index (χ4n) is 1.42. The van der Waals surface area contributed by atoms with Gasteiger partial charge in [-0.05, 0) is 24.3 Å². The predicted molar refractivity (Wildman–Crippen MR) is 73.0 cm³/mol. The first-order valence-corrected chi connectivity index (χ1v) is 6.45. The molecule has 2 aromatic rings. The van der Waals surface area contributed by atoms with E-state index < -0.39 is 0 Å². The minimum atomic E-state index is -0.211. The lowest BCUT2D eigenvalue weighted by atomic mass is 10.3. The Bertz CT molecular complexity index is 527. The SMILES string of the molecule is CN(CCOc1ccc(Br)cc1)C(=O)c1ncn[nH]1. The van der Waals surface area contributed by atoms with Crippen molar-refractivity contribution in [2.75, 3.05) is 20.2 Å². The van der Waals surface area contributed by atoms with E-state index in [2.05, 4.69) is 31.1 Å². The van der Waals surface area contributed by atoms with Gasteiger partial charge in [0.1, 0.15) is 18.7 Å². The monoisotopic (exact) mass is 324 g/mol. The summed E-state index contributed by atoms with van der Waals surface area (Å²) in [5.41, 5.74) is 0. The van der Waals surface area contributed by atoms with Gasteiger partial charge in [0, 0.05) is 11.5 Å². The zero-order chi connectivity index (χ0) is 13.7. The highest BCUT2D eigenvalue weighted by Crippen LogP contribution is 2.15. The summed E-state index contributed by atoms with van der Waals surface area (Å²) in [4.78, 5) is 17.2. The summed E-state index contributed by atoms with van der Waals surface area (Å²) in [6.45, 7) is 0.883. The molecule has 0 atom stereocenters. The summed E-state index contributed by atoms with van der Waals surface area (Å²) in [6.07, 6.45) is 1.30. The zero-order valence-corrected chi connectivity index (χ0v) is 11.9. The van der Waals surface area contributed by atoms with Gasteiger partial charge >= 0.3 is 0 Å². The van der Waals surface area contributed by atoms with Crippen LogP contribution < -0.4 is 4.74 Å². The molecule has 0 unspecified atom stereocenters. The van der Waals surface area contributed by atoms with Crippen molar-refractivity contribution >= 4 is 21.8 Å². The zero-order valence-electron chi connectivity index (χ0n) is 10.3. The molecule has 1 aromatic carbocycles. The standard InChI is InChI=1S/C12H13BrN4O2/c1-17(12(18)11-14-8-15-16-11)6-7-19-10-4-2-9(13)3-5-10/h2-5,8H,6-7H2,1H3,(H,14,15,16). The third kappa shape index (κ3) is 3.78. The van der Waals surface area contributed by atoms with Crippen LogP contribution in [0.4, 0.5) is 0 Å². The maximum atomic E-state index is 11.8. The number of carbonyl (C=O) groups excluding carboxylic acids is 1. The van der Waals surface area contributed by atoms with E-state index in [4.69, 9.17) is 4.74 Å². The molecular weight excluding hydrogens is 312 g/mol. The minimum Gasteiger partial charge on any atom is -0.492 e. The van der Waals surface area contributed by atoms with Crippen LogP contribution in [0.2, 0.25) is 0 Å². The lowest BCUT2D eigenvalue weighted by Crippen LogP contribution is -2.31. The molecule has 100 valence electrons. The number of benzene rings is 1. The van der Waals surface area contributed by atoms with Crippen LogP contribution in [0.25, 0.3) is 0 Å². The molecule has 0 fully saturated rings. The molecule has 0 aliphatic heterocycles. The lowest BCUT2D eigenvalue weighted by Gasteiger charge is -2.15. The van der Waals surface area contributed by atoms with E-state index in [1.165, 1.54) is 11.2 Å². The van der Waals surface area contributed by atoms with Crippen LogP contribution in [-0.4, -0.2) is 46.2 Å². The maximum absolute atomic E-state index is 11.8. The van der Waals surface area contributed by atoms with Gasteiger partial charge < -0.3 is 9.64 Å². The molecule has 0 aliphatic rings. The van der Waals surface area contributed by atoms with Gasteiger partial charge in [0.05, 0.1) is 6.54 Å². The minimum absolute atomic E-state index is 0.211. The highest BCUT2D eigenvalue weighted by molar-refractivity contribution is 9.10. The van der Waals surface area contributed by atoms with Crippen LogP contribution in [0.1, 0.15) is 10.6 Å². The number of amides is 1. The number of rotatable bonds is 5. The van der Waals surface area contributed by atoms with Gasteiger partial charge in [0.25, 0.3) is 5.91 Å². The first-order valence-electron chi connectivity index (χ1n) is 5.66. The van der Waals surface area contributed by atoms with Gasteiger partial charge in [0.15, 0.2) is 0 Å². The second-order valence-electron chi connectivity index (χ2n) is 3.86. The van der Waals surface area contributed by atoms with Gasteiger partial charge in [-0.3, -0.25) is 9.89 Å². The molecule has 0 saturated carbocycles. The van der Waals surface area contributed by atoms with Crippen molar-refractivity contribution in [2.45, 2.75) is 0 Å². The molecule has 0 spiro atoms. The van der Waals surface area contributed by atoms with E-state index in [1.54, 1.807) is 7.05 Å². The molecule has 0 saturated heterocycles. The molecule has 1 heterocycles. The molecule has 0 aliphatic carbocycles. The second kappa shape index (κ2) is 6.33. The highest BCUT2D eigenvalue weighted by Gasteiger charge is 2.13. The summed E-state index contributed by atoms with van der Waals surface area (Å²) in [5, 5.41) is 6.18. The Hall–Kier alpha value is -1.89. The van der Waals surface area contributed by atoms with Gasteiger partial charge in [0.2, 0.25) is 5.82 Å². The van der Waals surface area contributed by atoms with Crippen LogP contribution >= 0.6 is 15.9 Å². The van der Waals surface area contributed by atoms with E-state index in [-0.39, 0.29) is 11.7 Å². The van der Waals surface area contributed by atoms with Gasteiger partial charge in [-0.25, -0.2) is 4.98 Å². The number of ether oxygens (including phenoxy) is 1. The number of nitrogens with one attached hydrogen (secondary N) is 1. The Morgan fingerprint density at radius 2 is 2.16 bits per heavy atom. The number of aromatic nitrogens is 3. The van der Waals surface area contributed by atoms with Gasteiger partial charge in [-0.2, -0.15) is 5.10 Å². The fraction of sp³-hybridized carbons (Fsp3) is 0.250. The van der Waals surface area contributed by atoms with Crippen molar-refractivity contribution in [3.05, 3.63) is 40.9 Å². The highest BCUT2D eigenvalue weighted by atomic mass is 79.9. The second-order valence-corrected chi connectivity index (χ2v) is 4.78. The molecule has 7 heteroatoms. The Balaban J connectivity index is 1.79. The largest absolute Gasteiger partial charge is 0.492 e. The molecule has 0 radical (unpaired) electrons. The average molecular weight is 325 g/mol. The molecule has 1 N–H and O–H groups in total. The number of nitrogens with zero attached hydrogens (tertiary/aromatic N) is 3. The third-order valence-corrected chi connectivity index (χ3v) is 3.00. The van der Waals surface area contributed by atoms with Crippen LogP contribution in [-0.2, 0) is 0 Å². The Labute approximate surface area is 118 Å². The third-order valence-electron chi connectivity index (χ3n) is 2.47. The molecule has 1 aromatic heterocycles. The molecule has 19 heavy (non-hydrogen) atoms. The number of hydrogen-bond donors (Lipinski definition) is 1. The molecule has 2 rings (SSSR count). The average Bonchev–Trinajstić information content (AvgIpc) is 2.94. The quantitative estimate of drug-likeness (QED) is 0.909. The predicted octanol–water partition coefficient (Wildman–Crippen LogP) is 1.72. The summed E-state index contributed by atoms with van der Waals surface area (Å²) in [5.74, 6) is 0.784. The van der Waals surface area contributed by atoms with Crippen LogP contribution in [0.5, 0.6) is 5.75 Å². The van der Waals surface area contributed by atoms with E-state index in [1.807, 2.05) is 24.3 Å². The van der Waals surface area contributed by atoms with Crippen LogP contribution in [0, 0.1) is 0 Å². The van der Waals surface area contributed by atoms with Crippen LogP contribution in [0.15, 0.2) is 35.1 Å². The summed E-state index contributed by atoms with van der Waals surface area (Å²) >= 11 is 3.35. The Kier molecular flexibility index (Phi) is 4.51. The number of H-pyrrole nitrogens is 1. The number of carbonyl (C=O) groups is 1. The summed E-state index contributed by atoms with van der Waals surface area (Å²) in [6, 6.07) is 7.53. The number of likely N-dealkylation sites (N-methyl/N-ethyl adjacent to an activating group) is 1. The van der Waals surface area contributed by atoms with Crippen molar-refractivity contribution in [3.63, 3.8) is 0 Å². The van der Waals surface area contributed by atoms with Crippen molar-refractivity contribution in [1.82, 2.24) is 20.1 Å². The first-order chi connectivity index (χ1) is 9.16. The van der Waals surface area contributed by atoms with E-state index in [9.17, 15) is 4.79 Å². The lowest BCUT2D eigenvalue weighted by molar-refractivity contribution is 0.0762. The van der Waals surface area contributed by atoms with Crippen molar-refractivity contribution in [1.29, 1.82) is 0 Å². The number of halogens is 1. The molecule has 6 nitrogen and oxygen atoms in total. The van der Waals surface area contributed by atoms with E-state index in [0.29, 0.717) is 13.2 Å². The maximum Gasteiger partial charge on any atom is 0.291 e. The topological polar surface area (TPSA) is 71.1 Å². The summed E-state index contributed by atoms with van der Waals surface area (Å²) < 4.78 is 6.54. The number of aromatic amines is 1. The van der Waals surface area contributed by atoms with E-state index >= 15 is 0 Å². The Morgan fingerprint density at radius 1 is 1.42 bits per heavy atom. The normalized spacial score (nSPS) is 10.2. The van der Waals surface area contributed by atoms with Gasteiger partial charge in [-0.15, -0.1) is 0 Å². The summed E-state index contributed by atoms with van der Waals surface area (Å²) in [7, 11) is 1.69. The molecule has 0 bridgehead atoms. The smallest absolute Gasteiger partial charge is 0.291 e. The fourth-order valence-corrected chi connectivity index (χ4v) is 1.69. The molecular formula is C12H13BrN4O2. The molecule has 1 amide bonds. The van der Waals surface area contributed by atoms with Crippen molar-refractivity contribution < 1.29 is 9.53 Å². The Morgan fingerprint density at radius 3 is 2.79 bits per heavy atom. The first kappa shape index (κ1) is 13.5. The van der Waals surface area contributed by atoms with Crippen molar-refractivity contribution in [2.24, 2.45) is 0 Å². The number of hydrogen-bond acceptors (Lipinski definition) is 4. The van der Waals surface area contributed by atoms with Crippen molar-refractivity contribution in [3.8, 4) is 5.75 Å².